The van der Waals surface area contributed by atoms with Gasteiger partial charge in [-0.15, -0.1) is 0 Å². The van der Waals surface area contributed by atoms with Crippen LogP contribution in [0.15, 0.2) is 22.7 Å². The Bertz CT molecular complexity index is 359. The van der Waals surface area contributed by atoms with Gasteiger partial charge in [-0.1, -0.05) is 29.8 Å². The van der Waals surface area contributed by atoms with Crippen molar-refractivity contribution in [3.05, 3.63) is 28.2 Å². The summed E-state index contributed by atoms with van der Waals surface area (Å²) in [6.45, 7) is 5.25. The van der Waals surface area contributed by atoms with E-state index >= 15 is 0 Å². The molecule has 0 aromatic heterocycles. The van der Waals surface area contributed by atoms with E-state index in [1.807, 2.05) is 13.8 Å². The van der Waals surface area contributed by atoms with Crippen LogP contribution in [-0.4, -0.2) is 6.61 Å². The van der Waals surface area contributed by atoms with Crippen molar-refractivity contribution < 1.29 is 13.5 Å². The lowest BCUT2D eigenvalue weighted by atomic mass is 10.1. The van der Waals surface area contributed by atoms with Gasteiger partial charge in [0.15, 0.2) is 0 Å². The Labute approximate surface area is 103 Å². The Morgan fingerprint density at radius 3 is 2.50 bits per heavy atom. The van der Waals surface area contributed by atoms with Gasteiger partial charge in [-0.2, -0.15) is 0 Å². The zero-order chi connectivity index (χ0) is 12.3. The zero-order valence-electron chi connectivity index (χ0n) is 9.56. The van der Waals surface area contributed by atoms with E-state index in [9.17, 15) is 8.78 Å². The molecule has 1 rings (SSSR count). The topological polar surface area (TPSA) is 9.23 Å². The van der Waals surface area contributed by atoms with Crippen molar-refractivity contribution in [1.82, 2.24) is 0 Å². The van der Waals surface area contributed by atoms with Crippen LogP contribution in [0.2, 0.25) is 0 Å². The predicted octanol–water partition coefficient (Wildman–Crippen LogP) is 4.60. The fourth-order valence-corrected chi connectivity index (χ4v) is 1.57. The zero-order valence-corrected chi connectivity index (χ0v) is 11.1. The summed E-state index contributed by atoms with van der Waals surface area (Å²) in [7, 11) is 0. The van der Waals surface area contributed by atoms with Gasteiger partial charge in [0.2, 0.25) is 0 Å². The average Bonchev–Trinajstić information content (AvgIpc) is 2.12. The maximum atomic E-state index is 13.3. The van der Waals surface area contributed by atoms with Gasteiger partial charge in [0.25, 0.3) is 5.92 Å². The molecule has 0 atom stereocenters. The Morgan fingerprint density at radius 1 is 1.38 bits per heavy atom. The SMILES string of the molecule is CC(C)COc1cc(Br)ccc1C(C)(F)F. The highest BCUT2D eigenvalue weighted by atomic mass is 79.9. The summed E-state index contributed by atoms with van der Waals surface area (Å²) in [5.41, 5.74) is -0.0728. The lowest BCUT2D eigenvalue weighted by molar-refractivity contribution is 0.0141. The molecule has 0 aliphatic heterocycles. The molecule has 0 saturated heterocycles. The highest BCUT2D eigenvalue weighted by Gasteiger charge is 2.28. The van der Waals surface area contributed by atoms with Crippen LogP contribution in [-0.2, 0) is 5.92 Å². The van der Waals surface area contributed by atoms with Crippen molar-refractivity contribution in [3.63, 3.8) is 0 Å². The molecular formula is C12H15BrF2O. The molecule has 0 aliphatic rings. The van der Waals surface area contributed by atoms with E-state index < -0.39 is 5.92 Å². The standard InChI is InChI=1S/C12H15BrF2O/c1-8(2)7-16-11-6-9(13)4-5-10(11)12(3,14)15/h4-6,8H,7H2,1-3H3. The van der Waals surface area contributed by atoms with Crippen LogP contribution in [0.1, 0.15) is 26.3 Å². The number of hydrogen-bond acceptors (Lipinski definition) is 1. The minimum Gasteiger partial charge on any atom is -0.493 e. The van der Waals surface area contributed by atoms with Crippen LogP contribution in [0.3, 0.4) is 0 Å². The van der Waals surface area contributed by atoms with E-state index in [2.05, 4.69) is 15.9 Å². The highest BCUT2D eigenvalue weighted by molar-refractivity contribution is 9.10. The smallest absolute Gasteiger partial charge is 0.274 e. The van der Waals surface area contributed by atoms with Crippen molar-refractivity contribution in [3.8, 4) is 5.75 Å². The Hall–Kier alpha value is -0.640. The first-order chi connectivity index (χ1) is 7.30. The summed E-state index contributed by atoms with van der Waals surface area (Å²) in [5.74, 6) is -2.33. The quantitative estimate of drug-likeness (QED) is 0.788. The molecule has 0 bridgehead atoms. The molecule has 1 aromatic rings. The van der Waals surface area contributed by atoms with Gasteiger partial charge in [0.1, 0.15) is 5.75 Å². The van der Waals surface area contributed by atoms with E-state index in [-0.39, 0.29) is 11.3 Å². The summed E-state index contributed by atoms with van der Waals surface area (Å²) in [5, 5.41) is 0. The molecule has 0 aliphatic carbocycles. The predicted molar refractivity (Wildman–Crippen MR) is 64.0 cm³/mol. The number of hydrogen-bond donors (Lipinski definition) is 0. The van der Waals surface area contributed by atoms with Crippen molar-refractivity contribution in [1.29, 1.82) is 0 Å². The van der Waals surface area contributed by atoms with Crippen LogP contribution < -0.4 is 4.74 Å². The molecular weight excluding hydrogens is 278 g/mol. The lowest BCUT2D eigenvalue weighted by Crippen LogP contribution is -2.12. The molecule has 16 heavy (non-hydrogen) atoms. The molecule has 0 fully saturated rings. The highest BCUT2D eigenvalue weighted by Crippen LogP contribution is 2.36. The molecule has 90 valence electrons. The van der Waals surface area contributed by atoms with Gasteiger partial charge in [-0.25, -0.2) is 8.78 Å². The van der Waals surface area contributed by atoms with Gasteiger partial charge in [-0.3, -0.25) is 0 Å². The third-order valence-corrected chi connectivity index (χ3v) is 2.48. The van der Waals surface area contributed by atoms with Crippen molar-refractivity contribution in [2.45, 2.75) is 26.7 Å². The van der Waals surface area contributed by atoms with E-state index in [1.54, 1.807) is 12.1 Å². The normalized spacial score (nSPS) is 11.9. The number of ether oxygens (including phenoxy) is 1. The third kappa shape index (κ3) is 3.74. The average molecular weight is 293 g/mol. The van der Waals surface area contributed by atoms with E-state index in [1.165, 1.54) is 6.07 Å². The van der Waals surface area contributed by atoms with E-state index in [0.717, 1.165) is 11.4 Å². The number of benzene rings is 1. The first kappa shape index (κ1) is 13.4. The Balaban J connectivity index is 2.99. The van der Waals surface area contributed by atoms with Crippen LogP contribution in [0.5, 0.6) is 5.75 Å². The van der Waals surface area contributed by atoms with Gasteiger partial charge >= 0.3 is 0 Å². The summed E-state index contributed by atoms with van der Waals surface area (Å²) in [4.78, 5) is 0. The van der Waals surface area contributed by atoms with Crippen molar-refractivity contribution in [2.24, 2.45) is 5.92 Å². The van der Waals surface area contributed by atoms with Crippen LogP contribution in [0.25, 0.3) is 0 Å². The molecule has 0 radical (unpaired) electrons. The fourth-order valence-electron chi connectivity index (χ4n) is 1.23. The molecule has 0 unspecified atom stereocenters. The minimum atomic E-state index is -2.88. The molecule has 4 heteroatoms. The molecule has 1 nitrogen and oxygen atoms in total. The lowest BCUT2D eigenvalue weighted by Gasteiger charge is -2.17. The van der Waals surface area contributed by atoms with E-state index in [4.69, 9.17) is 4.74 Å². The summed E-state index contributed by atoms with van der Waals surface area (Å²) in [6, 6.07) is 4.56. The monoisotopic (exact) mass is 292 g/mol. The minimum absolute atomic E-state index is 0.0728. The van der Waals surface area contributed by atoms with Gasteiger partial charge in [-0.05, 0) is 24.1 Å². The van der Waals surface area contributed by atoms with Crippen molar-refractivity contribution in [2.75, 3.05) is 6.61 Å². The summed E-state index contributed by atoms with van der Waals surface area (Å²) < 4.78 is 32.7. The molecule has 0 heterocycles. The molecule has 0 amide bonds. The van der Waals surface area contributed by atoms with Gasteiger partial charge in [0.05, 0.1) is 12.2 Å². The molecule has 1 aromatic carbocycles. The second kappa shape index (κ2) is 5.13. The van der Waals surface area contributed by atoms with Crippen LogP contribution >= 0.6 is 15.9 Å². The molecule has 0 saturated carbocycles. The largest absolute Gasteiger partial charge is 0.493 e. The maximum Gasteiger partial charge on any atom is 0.274 e. The summed E-state index contributed by atoms with van der Waals surface area (Å²) >= 11 is 3.25. The van der Waals surface area contributed by atoms with Gasteiger partial charge < -0.3 is 4.74 Å². The Morgan fingerprint density at radius 2 is 2.00 bits per heavy atom. The van der Waals surface area contributed by atoms with Crippen LogP contribution in [0, 0.1) is 5.92 Å². The second-order valence-corrected chi connectivity index (χ2v) is 5.15. The maximum absolute atomic E-state index is 13.3. The number of halogens is 3. The summed E-state index contributed by atoms with van der Waals surface area (Å²) in [6.07, 6.45) is 0. The van der Waals surface area contributed by atoms with Gasteiger partial charge in [0, 0.05) is 11.4 Å². The van der Waals surface area contributed by atoms with E-state index in [0.29, 0.717) is 12.5 Å². The first-order valence-corrected chi connectivity index (χ1v) is 5.90. The van der Waals surface area contributed by atoms with Crippen LogP contribution in [0.4, 0.5) is 8.78 Å². The molecule has 0 N–H and O–H groups in total. The second-order valence-electron chi connectivity index (χ2n) is 4.23. The van der Waals surface area contributed by atoms with Crippen molar-refractivity contribution >= 4 is 15.9 Å². The Kier molecular flexibility index (Phi) is 4.30. The number of rotatable bonds is 4. The third-order valence-electron chi connectivity index (χ3n) is 1.99. The first-order valence-electron chi connectivity index (χ1n) is 5.11. The molecule has 0 spiro atoms. The number of alkyl halides is 2. The fraction of sp³-hybridized carbons (Fsp3) is 0.500.